The Morgan fingerprint density at radius 3 is 1.60 bits per heavy atom. The second kappa shape index (κ2) is 2.21. The summed E-state index contributed by atoms with van der Waals surface area (Å²) in [5.41, 5.74) is 0.0312. The van der Waals surface area contributed by atoms with Crippen LogP contribution in [0.15, 0.2) is 0 Å². The van der Waals surface area contributed by atoms with E-state index in [4.69, 9.17) is 4.74 Å². The molecule has 1 saturated heterocycles. The molecule has 1 radical (unpaired) electrons. The summed E-state index contributed by atoms with van der Waals surface area (Å²) in [6.07, 6.45) is 0. The third-order valence-corrected chi connectivity index (χ3v) is 1.52. The molecule has 1 aliphatic heterocycles. The quantitative estimate of drug-likeness (QED) is 0.498. The molecular weight excluding hydrogens is 126 g/mol. The lowest BCUT2D eigenvalue weighted by Crippen LogP contribution is -2.55. The summed E-state index contributed by atoms with van der Waals surface area (Å²) in [7, 11) is 0. The van der Waals surface area contributed by atoms with Crippen molar-refractivity contribution in [2.75, 3.05) is 13.2 Å². The van der Waals surface area contributed by atoms with Crippen LogP contribution in [-0.4, -0.2) is 24.3 Å². The Morgan fingerprint density at radius 2 is 1.40 bits per heavy atom. The first-order chi connectivity index (χ1) is 4.41. The lowest BCUT2D eigenvalue weighted by atomic mass is 9.96. The molecule has 0 unspecified atom stereocenters. The number of hydrogen-bond donors (Lipinski definition) is 0. The van der Waals surface area contributed by atoms with Crippen LogP contribution in [0.25, 0.3) is 0 Å². The van der Waals surface area contributed by atoms with Crippen molar-refractivity contribution >= 4 is 0 Å². The third kappa shape index (κ3) is 1.96. The molecule has 0 N–H and O–H groups in total. The van der Waals surface area contributed by atoms with E-state index >= 15 is 0 Å². The molecule has 0 aromatic heterocycles. The van der Waals surface area contributed by atoms with E-state index in [2.05, 4.69) is 33.0 Å². The van der Waals surface area contributed by atoms with Crippen LogP contribution in [0, 0.1) is 0 Å². The molecule has 1 rings (SSSR count). The highest BCUT2D eigenvalue weighted by atomic mass is 16.5. The van der Waals surface area contributed by atoms with Crippen molar-refractivity contribution in [1.29, 1.82) is 0 Å². The summed E-state index contributed by atoms with van der Waals surface area (Å²) < 4.78 is 5.41. The van der Waals surface area contributed by atoms with Gasteiger partial charge in [-0.15, -0.1) is 0 Å². The Morgan fingerprint density at radius 1 is 1.00 bits per heavy atom. The minimum absolute atomic E-state index is 0.0156. The van der Waals surface area contributed by atoms with Crippen LogP contribution in [0.2, 0.25) is 0 Å². The zero-order chi connectivity index (χ0) is 7.83. The van der Waals surface area contributed by atoms with Crippen LogP contribution >= 0.6 is 0 Å². The van der Waals surface area contributed by atoms with Gasteiger partial charge in [-0.25, -0.2) is 5.32 Å². The number of ether oxygens (including phenoxy) is 1. The highest BCUT2D eigenvalue weighted by Gasteiger charge is 2.34. The predicted molar refractivity (Wildman–Crippen MR) is 41.1 cm³/mol. The molecule has 59 valence electrons. The maximum atomic E-state index is 5.41. The fourth-order valence-electron chi connectivity index (χ4n) is 1.43. The lowest BCUT2D eigenvalue weighted by Gasteiger charge is -2.39. The molecule has 1 aliphatic rings. The highest BCUT2D eigenvalue weighted by Crippen LogP contribution is 2.19. The van der Waals surface area contributed by atoms with Gasteiger partial charge in [-0.3, -0.25) is 0 Å². The molecule has 0 bridgehead atoms. The Bertz CT molecular complexity index is 115. The van der Waals surface area contributed by atoms with E-state index in [1.54, 1.807) is 0 Å². The lowest BCUT2D eigenvalue weighted by molar-refractivity contribution is -0.0208. The number of nitrogens with zero attached hydrogens (tertiary/aromatic N) is 1. The summed E-state index contributed by atoms with van der Waals surface area (Å²) in [6.45, 7) is 9.94. The smallest absolute Gasteiger partial charge is 0.0659 e. The Labute approximate surface area is 63.0 Å². The van der Waals surface area contributed by atoms with Gasteiger partial charge < -0.3 is 4.74 Å². The fourth-order valence-corrected chi connectivity index (χ4v) is 1.43. The first-order valence-corrected chi connectivity index (χ1v) is 3.73. The van der Waals surface area contributed by atoms with Crippen molar-refractivity contribution in [3.63, 3.8) is 0 Å². The summed E-state index contributed by atoms with van der Waals surface area (Å²) in [6, 6.07) is 0. The maximum absolute atomic E-state index is 5.41. The average Bonchev–Trinajstić information content (AvgIpc) is 1.56. The second-order valence-electron chi connectivity index (χ2n) is 4.23. The first-order valence-electron chi connectivity index (χ1n) is 3.73. The van der Waals surface area contributed by atoms with Crippen molar-refractivity contribution in [2.45, 2.75) is 38.8 Å². The zero-order valence-corrected chi connectivity index (χ0v) is 7.27. The largest absolute Gasteiger partial charge is 0.378 e. The van der Waals surface area contributed by atoms with Gasteiger partial charge in [0.1, 0.15) is 0 Å². The molecule has 0 aromatic carbocycles. The van der Waals surface area contributed by atoms with Crippen molar-refractivity contribution in [1.82, 2.24) is 5.32 Å². The molecule has 2 heteroatoms. The second-order valence-corrected chi connectivity index (χ2v) is 4.23. The Hall–Kier alpha value is -0.0800. The summed E-state index contributed by atoms with van der Waals surface area (Å²) in [4.78, 5) is 0. The van der Waals surface area contributed by atoms with Gasteiger partial charge in [0.2, 0.25) is 0 Å². The highest BCUT2D eigenvalue weighted by molar-refractivity contribution is 4.91. The summed E-state index contributed by atoms with van der Waals surface area (Å²) >= 11 is 0. The van der Waals surface area contributed by atoms with Gasteiger partial charge in [0.15, 0.2) is 0 Å². The van der Waals surface area contributed by atoms with Gasteiger partial charge in [0.25, 0.3) is 0 Å². The van der Waals surface area contributed by atoms with Gasteiger partial charge in [-0.05, 0) is 27.7 Å². The Balaban J connectivity index is 2.56. The van der Waals surface area contributed by atoms with Crippen molar-refractivity contribution in [3.05, 3.63) is 0 Å². The third-order valence-electron chi connectivity index (χ3n) is 1.52. The van der Waals surface area contributed by atoms with Crippen molar-refractivity contribution < 1.29 is 4.74 Å². The number of rotatable bonds is 0. The molecule has 0 atom stereocenters. The zero-order valence-electron chi connectivity index (χ0n) is 7.27. The fraction of sp³-hybridized carbons (Fsp3) is 1.00. The first kappa shape index (κ1) is 8.02. The van der Waals surface area contributed by atoms with Crippen LogP contribution < -0.4 is 5.32 Å². The van der Waals surface area contributed by atoms with Gasteiger partial charge >= 0.3 is 0 Å². The molecule has 0 aromatic rings. The molecule has 2 nitrogen and oxygen atoms in total. The topological polar surface area (TPSA) is 23.3 Å². The van der Waals surface area contributed by atoms with Gasteiger partial charge in [0, 0.05) is 0 Å². The molecule has 0 amide bonds. The van der Waals surface area contributed by atoms with Crippen LogP contribution in [-0.2, 0) is 4.74 Å². The van der Waals surface area contributed by atoms with E-state index in [0.29, 0.717) is 0 Å². The molecule has 0 aliphatic carbocycles. The summed E-state index contributed by atoms with van der Waals surface area (Å²) in [5.74, 6) is 0. The molecule has 1 fully saturated rings. The summed E-state index contributed by atoms with van der Waals surface area (Å²) in [5, 5.41) is 4.62. The van der Waals surface area contributed by atoms with E-state index in [-0.39, 0.29) is 11.1 Å². The van der Waals surface area contributed by atoms with E-state index in [1.165, 1.54) is 0 Å². The SMILES string of the molecule is CC1(C)COCC(C)(C)[N]1. The predicted octanol–water partition coefficient (Wildman–Crippen LogP) is 1.18. The van der Waals surface area contributed by atoms with Crippen LogP contribution in [0.5, 0.6) is 0 Å². The van der Waals surface area contributed by atoms with Gasteiger partial charge in [0.05, 0.1) is 24.3 Å². The monoisotopic (exact) mass is 142 g/mol. The molecule has 10 heavy (non-hydrogen) atoms. The van der Waals surface area contributed by atoms with E-state index in [1.807, 2.05) is 0 Å². The standard InChI is InChI=1S/C8H16NO/c1-7(2)5-10-6-8(3,4)9-7/h5-6H2,1-4H3. The van der Waals surface area contributed by atoms with Crippen LogP contribution in [0.4, 0.5) is 0 Å². The van der Waals surface area contributed by atoms with Crippen LogP contribution in [0.3, 0.4) is 0 Å². The van der Waals surface area contributed by atoms with E-state index in [9.17, 15) is 0 Å². The normalized spacial score (nSPS) is 30.0. The Kier molecular flexibility index (Phi) is 1.77. The number of hydrogen-bond acceptors (Lipinski definition) is 1. The van der Waals surface area contributed by atoms with Crippen molar-refractivity contribution in [3.8, 4) is 0 Å². The molecule has 0 spiro atoms. The number of morpholine rings is 1. The maximum Gasteiger partial charge on any atom is 0.0659 e. The van der Waals surface area contributed by atoms with Gasteiger partial charge in [-0.1, -0.05) is 0 Å². The average molecular weight is 142 g/mol. The molecular formula is C8H16NO. The van der Waals surface area contributed by atoms with Crippen LogP contribution in [0.1, 0.15) is 27.7 Å². The minimum atomic E-state index is 0.0156. The molecule has 1 heterocycles. The van der Waals surface area contributed by atoms with Gasteiger partial charge in [-0.2, -0.15) is 0 Å². The van der Waals surface area contributed by atoms with Crippen molar-refractivity contribution in [2.24, 2.45) is 0 Å². The minimum Gasteiger partial charge on any atom is -0.378 e. The van der Waals surface area contributed by atoms with E-state index in [0.717, 1.165) is 13.2 Å². The molecule has 0 saturated carbocycles. The van der Waals surface area contributed by atoms with E-state index < -0.39 is 0 Å².